The van der Waals surface area contributed by atoms with Gasteiger partial charge in [-0.15, -0.1) is 0 Å². The minimum atomic E-state index is -0.306. The van der Waals surface area contributed by atoms with Gasteiger partial charge < -0.3 is 16.0 Å². The van der Waals surface area contributed by atoms with Crippen molar-refractivity contribution < 1.29 is 9.59 Å². The van der Waals surface area contributed by atoms with Gasteiger partial charge in [0.2, 0.25) is 11.8 Å². The molecule has 96 valence electrons. The molecule has 5 heteroatoms. The quantitative estimate of drug-likeness (QED) is 0.727. The molecule has 0 radical (unpaired) electrons. The van der Waals surface area contributed by atoms with E-state index in [1.807, 2.05) is 6.92 Å². The number of amides is 2. The molecule has 0 aromatic carbocycles. The van der Waals surface area contributed by atoms with Crippen molar-refractivity contribution in [2.75, 3.05) is 13.1 Å². The van der Waals surface area contributed by atoms with Crippen molar-refractivity contribution in [1.29, 1.82) is 0 Å². The lowest BCUT2D eigenvalue weighted by Gasteiger charge is -2.41. The first-order chi connectivity index (χ1) is 8.06. The van der Waals surface area contributed by atoms with Crippen molar-refractivity contribution in [3.8, 4) is 0 Å². The standard InChI is InChI=1S/C12H21N3O2/c1-2-9-11(17)14-6-7-15(9)10(16)8-12(13)4-3-5-12/h9H,2-8,13H2,1H3,(H,14,17)/t9-/m0/s1. The molecule has 17 heavy (non-hydrogen) atoms. The highest BCUT2D eigenvalue weighted by molar-refractivity contribution is 5.89. The van der Waals surface area contributed by atoms with E-state index >= 15 is 0 Å². The van der Waals surface area contributed by atoms with Gasteiger partial charge in [-0.3, -0.25) is 9.59 Å². The van der Waals surface area contributed by atoms with E-state index in [9.17, 15) is 9.59 Å². The molecular formula is C12H21N3O2. The van der Waals surface area contributed by atoms with Crippen molar-refractivity contribution >= 4 is 11.8 Å². The minimum Gasteiger partial charge on any atom is -0.353 e. The Morgan fingerprint density at radius 1 is 1.59 bits per heavy atom. The lowest BCUT2D eigenvalue weighted by atomic mass is 9.75. The first-order valence-corrected chi connectivity index (χ1v) is 6.42. The molecule has 0 unspecified atom stereocenters. The van der Waals surface area contributed by atoms with Gasteiger partial charge in [0.15, 0.2) is 0 Å². The maximum Gasteiger partial charge on any atom is 0.242 e. The number of hydrogen-bond acceptors (Lipinski definition) is 3. The van der Waals surface area contributed by atoms with Gasteiger partial charge in [-0.1, -0.05) is 6.92 Å². The van der Waals surface area contributed by atoms with Gasteiger partial charge in [0.25, 0.3) is 0 Å². The summed E-state index contributed by atoms with van der Waals surface area (Å²) in [6, 6.07) is -0.306. The van der Waals surface area contributed by atoms with Crippen molar-refractivity contribution in [3.05, 3.63) is 0 Å². The van der Waals surface area contributed by atoms with Crippen LogP contribution in [0.2, 0.25) is 0 Å². The second-order valence-electron chi connectivity index (χ2n) is 5.19. The van der Waals surface area contributed by atoms with E-state index in [1.54, 1.807) is 4.90 Å². The van der Waals surface area contributed by atoms with Crippen molar-refractivity contribution in [2.24, 2.45) is 5.73 Å². The number of hydrogen-bond donors (Lipinski definition) is 2. The average molecular weight is 239 g/mol. The second-order valence-corrected chi connectivity index (χ2v) is 5.19. The zero-order valence-electron chi connectivity index (χ0n) is 10.4. The Labute approximate surface area is 102 Å². The van der Waals surface area contributed by atoms with Gasteiger partial charge in [0.1, 0.15) is 6.04 Å². The van der Waals surface area contributed by atoms with Crippen LogP contribution in [0.25, 0.3) is 0 Å². The van der Waals surface area contributed by atoms with Crippen LogP contribution >= 0.6 is 0 Å². The van der Waals surface area contributed by atoms with Crippen LogP contribution in [0.5, 0.6) is 0 Å². The first kappa shape index (κ1) is 12.4. The molecule has 1 saturated carbocycles. The van der Waals surface area contributed by atoms with E-state index in [0.29, 0.717) is 25.9 Å². The van der Waals surface area contributed by atoms with Crippen molar-refractivity contribution in [3.63, 3.8) is 0 Å². The van der Waals surface area contributed by atoms with Crippen LogP contribution in [0, 0.1) is 0 Å². The zero-order valence-corrected chi connectivity index (χ0v) is 10.4. The number of carbonyl (C=O) groups is 2. The maximum absolute atomic E-state index is 12.2. The normalized spacial score (nSPS) is 27.3. The molecule has 2 rings (SSSR count). The summed E-state index contributed by atoms with van der Waals surface area (Å²) in [6.45, 7) is 3.09. The van der Waals surface area contributed by atoms with Gasteiger partial charge in [-0.2, -0.15) is 0 Å². The molecule has 1 aliphatic heterocycles. The SMILES string of the molecule is CC[C@H]1C(=O)NCCN1C(=O)CC1(N)CCC1. The van der Waals surface area contributed by atoms with E-state index in [-0.39, 0.29) is 23.4 Å². The fourth-order valence-corrected chi connectivity index (χ4v) is 2.63. The van der Waals surface area contributed by atoms with Crippen LogP contribution in [0.4, 0.5) is 0 Å². The summed E-state index contributed by atoms with van der Waals surface area (Å²) >= 11 is 0. The van der Waals surface area contributed by atoms with E-state index in [4.69, 9.17) is 5.73 Å². The third-order valence-electron chi connectivity index (χ3n) is 3.89. The van der Waals surface area contributed by atoms with Crippen LogP contribution in [0.3, 0.4) is 0 Å². The molecule has 5 nitrogen and oxygen atoms in total. The van der Waals surface area contributed by atoms with Crippen LogP contribution in [-0.2, 0) is 9.59 Å². The molecular weight excluding hydrogens is 218 g/mol. The number of carbonyl (C=O) groups excluding carboxylic acids is 2. The van der Waals surface area contributed by atoms with E-state index < -0.39 is 0 Å². The number of rotatable bonds is 3. The third kappa shape index (κ3) is 2.44. The van der Waals surface area contributed by atoms with E-state index in [2.05, 4.69) is 5.32 Å². The lowest BCUT2D eigenvalue weighted by molar-refractivity contribution is -0.144. The summed E-state index contributed by atoms with van der Waals surface area (Å²) in [6.07, 6.45) is 4.01. The van der Waals surface area contributed by atoms with Gasteiger partial charge in [-0.25, -0.2) is 0 Å². The maximum atomic E-state index is 12.2. The molecule has 2 aliphatic rings. The molecule has 1 saturated heterocycles. The summed E-state index contributed by atoms with van der Waals surface area (Å²) < 4.78 is 0. The monoisotopic (exact) mass is 239 g/mol. The van der Waals surface area contributed by atoms with E-state index in [1.165, 1.54) is 0 Å². The first-order valence-electron chi connectivity index (χ1n) is 6.42. The summed E-state index contributed by atoms with van der Waals surface area (Å²) in [4.78, 5) is 25.5. The van der Waals surface area contributed by atoms with Crippen LogP contribution in [0.1, 0.15) is 39.0 Å². The summed E-state index contributed by atoms with van der Waals surface area (Å²) in [5.74, 6) is 0.000630. The molecule has 0 aromatic heterocycles. The zero-order chi connectivity index (χ0) is 12.5. The molecule has 0 aromatic rings. The lowest BCUT2D eigenvalue weighted by Crippen LogP contribution is -2.59. The van der Waals surface area contributed by atoms with Crippen LogP contribution in [0.15, 0.2) is 0 Å². The topological polar surface area (TPSA) is 75.4 Å². The Morgan fingerprint density at radius 3 is 2.82 bits per heavy atom. The smallest absolute Gasteiger partial charge is 0.242 e. The predicted octanol–water partition coefficient (Wildman–Crippen LogP) is -0.00510. The van der Waals surface area contributed by atoms with Gasteiger partial charge in [0, 0.05) is 25.0 Å². The van der Waals surface area contributed by atoms with Crippen molar-refractivity contribution in [1.82, 2.24) is 10.2 Å². The van der Waals surface area contributed by atoms with Crippen molar-refractivity contribution in [2.45, 2.75) is 50.6 Å². The fourth-order valence-electron chi connectivity index (χ4n) is 2.63. The Kier molecular flexibility index (Phi) is 3.38. The number of nitrogens with two attached hydrogens (primary N) is 1. The van der Waals surface area contributed by atoms with Gasteiger partial charge in [0.05, 0.1) is 0 Å². The highest BCUT2D eigenvalue weighted by Gasteiger charge is 2.39. The molecule has 1 atom stereocenters. The summed E-state index contributed by atoms with van der Waals surface area (Å²) in [7, 11) is 0. The highest BCUT2D eigenvalue weighted by Crippen LogP contribution is 2.33. The molecule has 0 bridgehead atoms. The largest absolute Gasteiger partial charge is 0.353 e. The second kappa shape index (κ2) is 4.64. The van der Waals surface area contributed by atoms with Gasteiger partial charge in [-0.05, 0) is 25.7 Å². The van der Waals surface area contributed by atoms with E-state index in [0.717, 1.165) is 19.3 Å². The third-order valence-corrected chi connectivity index (χ3v) is 3.89. The summed E-state index contributed by atoms with van der Waals surface area (Å²) in [5.41, 5.74) is 5.78. The molecule has 1 heterocycles. The Bertz CT molecular complexity index is 326. The fraction of sp³-hybridized carbons (Fsp3) is 0.833. The Morgan fingerprint density at radius 2 is 2.29 bits per heavy atom. The van der Waals surface area contributed by atoms with Gasteiger partial charge >= 0.3 is 0 Å². The molecule has 3 N–H and O–H groups in total. The summed E-state index contributed by atoms with van der Waals surface area (Å²) in [5, 5.41) is 2.79. The van der Waals surface area contributed by atoms with Crippen LogP contribution < -0.4 is 11.1 Å². The number of nitrogens with zero attached hydrogens (tertiary/aromatic N) is 1. The number of piperazine rings is 1. The van der Waals surface area contributed by atoms with Crippen LogP contribution in [-0.4, -0.2) is 41.4 Å². The Balaban J connectivity index is 1.99. The molecule has 2 fully saturated rings. The highest BCUT2D eigenvalue weighted by atomic mass is 16.2. The minimum absolute atomic E-state index is 0.0354. The Hall–Kier alpha value is -1.10. The molecule has 0 spiro atoms. The molecule has 1 aliphatic carbocycles. The predicted molar refractivity (Wildman–Crippen MR) is 64.2 cm³/mol. The average Bonchev–Trinajstić information content (AvgIpc) is 2.26. The number of nitrogens with one attached hydrogen (secondary N) is 1. The molecule has 2 amide bonds.